The minimum absolute atomic E-state index is 0.0299. The smallest absolute Gasteiger partial charge is 0.227 e. The van der Waals surface area contributed by atoms with Crippen molar-refractivity contribution < 1.29 is 19.7 Å². The summed E-state index contributed by atoms with van der Waals surface area (Å²) in [5, 5.41) is 21.9. The highest BCUT2D eigenvalue weighted by Gasteiger charge is 2.22. The summed E-state index contributed by atoms with van der Waals surface area (Å²) in [5.41, 5.74) is 3.21. The molecular weight excluding hydrogens is 404 g/mol. The molecule has 170 valence electrons. The number of carbonyl (C=O) groups excluding carboxylic acids is 1. The van der Waals surface area contributed by atoms with E-state index in [1.807, 2.05) is 54.5 Å². The Kier molecular flexibility index (Phi) is 7.12. The van der Waals surface area contributed by atoms with Gasteiger partial charge >= 0.3 is 0 Å². The third-order valence-electron chi connectivity index (χ3n) is 6.32. The molecule has 0 radical (unpaired) electrons. The van der Waals surface area contributed by atoms with Gasteiger partial charge in [-0.05, 0) is 48.9 Å². The highest BCUT2D eigenvalue weighted by molar-refractivity contribution is 5.89. The van der Waals surface area contributed by atoms with E-state index < -0.39 is 12.2 Å². The molecule has 1 aliphatic heterocycles. The molecule has 6 heteroatoms. The van der Waals surface area contributed by atoms with Crippen molar-refractivity contribution in [1.82, 2.24) is 9.47 Å². The van der Waals surface area contributed by atoms with Crippen molar-refractivity contribution in [2.45, 2.75) is 44.3 Å². The number of aryl methyl sites for hydroxylation is 2. The number of rotatable bonds is 2. The average molecular weight is 437 g/mol. The summed E-state index contributed by atoms with van der Waals surface area (Å²) in [4.78, 5) is 15.1. The molecule has 2 aromatic carbocycles. The minimum atomic E-state index is -1.00. The summed E-state index contributed by atoms with van der Waals surface area (Å²) < 4.78 is 7.84. The van der Waals surface area contributed by atoms with Crippen LogP contribution in [0.25, 0.3) is 10.9 Å². The zero-order valence-corrected chi connectivity index (χ0v) is 18.6. The number of para-hydroxylation sites is 2. The molecule has 0 fully saturated rings. The lowest BCUT2D eigenvalue weighted by Crippen LogP contribution is -2.39. The molecule has 2 atom stereocenters. The van der Waals surface area contributed by atoms with Crippen LogP contribution in [0.15, 0.2) is 54.7 Å². The van der Waals surface area contributed by atoms with E-state index in [1.165, 1.54) is 0 Å². The predicted octanol–water partition coefficient (Wildman–Crippen LogP) is 3.08. The highest BCUT2D eigenvalue weighted by Crippen LogP contribution is 2.23. The van der Waals surface area contributed by atoms with Crippen molar-refractivity contribution in [1.29, 1.82) is 0 Å². The number of ether oxygens (including phenoxy) is 1. The SMILES string of the molecule is Cn1cc(CC(=O)N2CCCCc3ccccc3OC[C@@H](O)[C@@H](O)CC2)c2ccccc21. The number of aliphatic hydroxyl groups excluding tert-OH is 2. The normalized spacial score (nSPS) is 20.5. The van der Waals surface area contributed by atoms with E-state index in [0.717, 1.165) is 47.0 Å². The number of hydrogen-bond donors (Lipinski definition) is 2. The van der Waals surface area contributed by atoms with Crippen LogP contribution in [-0.2, 0) is 24.7 Å². The Bertz CT molecular complexity index is 1060. The molecule has 0 bridgehead atoms. The van der Waals surface area contributed by atoms with Gasteiger partial charge in [0.2, 0.25) is 5.91 Å². The third kappa shape index (κ3) is 5.14. The number of aromatic nitrogens is 1. The molecule has 3 aromatic rings. The molecule has 4 rings (SSSR count). The first-order valence-corrected chi connectivity index (χ1v) is 11.4. The second-order valence-electron chi connectivity index (χ2n) is 8.64. The van der Waals surface area contributed by atoms with Crippen molar-refractivity contribution in [3.63, 3.8) is 0 Å². The Morgan fingerprint density at radius 3 is 2.69 bits per heavy atom. The lowest BCUT2D eigenvalue weighted by atomic mass is 10.1. The van der Waals surface area contributed by atoms with Gasteiger partial charge in [-0.25, -0.2) is 0 Å². The molecule has 1 aromatic heterocycles. The average Bonchev–Trinajstić information content (AvgIpc) is 3.12. The highest BCUT2D eigenvalue weighted by atomic mass is 16.5. The number of hydrogen-bond acceptors (Lipinski definition) is 4. The van der Waals surface area contributed by atoms with Gasteiger partial charge in [0.25, 0.3) is 0 Å². The van der Waals surface area contributed by atoms with Crippen molar-refractivity contribution >= 4 is 16.8 Å². The maximum Gasteiger partial charge on any atom is 0.227 e. The van der Waals surface area contributed by atoms with Gasteiger partial charge in [0, 0.05) is 37.2 Å². The lowest BCUT2D eigenvalue weighted by Gasteiger charge is -2.25. The van der Waals surface area contributed by atoms with Crippen molar-refractivity contribution in [3.05, 3.63) is 65.9 Å². The molecule has 0 saturated heterocycles. The van der Waals surface area contributed by atoms with Crippen LogP contribution in [0.3, 0.4) is 0 Å². The first kappa shape index (κ1) is 22.4. The molecular formula is C26H32N2O4. The molecule has 32 heavy (non-hydrogen) atoms. The zero-order valence-electron chi connectivity index (χ0n) is 18.6. The summed E-state index contributed by atoms with van der Waals surface area (Å²) in [6, 6.07) is 15.9. The van der Waals surface area contributed by atoms with Gasteiger partial charge in [-0.1, -0.05) is 36.4 Å². The fourth-order valence-corrected chi connectivity index (χ4v) is 4.44. The van der Waals surface area contributed by atoms with Crippen LogP contribution < -0.4 is 4.74 Å². The van der Waals surface area contributed by atoms with Gasteiger partial charge in [0.1, 0.15) is 18.5 Å². The number of amides is 1. The molecule has 1 aliphatic rings. The van der Waals surface area contributed by atoms with Crippen molar-refractivity contribution in [2.75, 3.05) is 19.7 Å². The number of fused-ring (bicyclic) bond motifs is 2. The van der Waals surface area contributed by atoms with Gasteiger partial charge in [-0.2, -0.15) is 0 Å². The molecule has 0 saturated carbocycles. The van der Waals surface area contributed by atoms with Crippen molar-refractivity contribution in [3.8, 4) is 5.75 Å². The van der Waals surface area contributed by atoms with Crippen LogP contribution in [0.2, 0.25) is 0 Å². The fourth-order valence-electron chi connectivity index (χ4n) is 4.44. The van der Waals surface area contributed by atoms with Crippen LogP contribution in [-0.4, -0.2) is 57.5 Å². The summed E-state index contributed by atoms with van der Waals surface area (Å²) in [6.07, 6.45) is 3.36. The quantitative estimate of drug-likeness (QED) is 0.648. The second kappa shape index (κ2) is 10.2. The first-order valence-electron chi connectivity index (χ1n) is 11.4. The van der Waals surface area contributed by atoms with E-state index >= 15 is 0 Å². The Morgan fingerprint density at radius 2 is 1.81 bits per heavy atom. The second-order valence-corrected chi connectivity index (χ2v) is 8.64. The van der Waals surface area contributed by atoms with E-state index in [-0.39, 0.29) is 12.5 Å². The molecule has 2 N–H and O–H groups in total. The Morgan fingerprint density at radius 1 is 1.03 bits per heavy atom. The molecule has 0 aliphatic carbocycles. The van der Waals surface area contributed by atoms with Crippen LogP contribution in [0.1, 0.15) is 30.4 Å². The van der Waals surface area contributed by atoms with Gasteiger partial charge in [0.15, 0.2) is 0 Å². The van der Waals surface area contributed by atoms with Gasteiger partial charge in [-0.15, -0.1) is 0 Å². The summed E-state index contributed by atoms with van der Waals surface area (Å²) in [7, 11) is 1.99. The van der Waals surface area contributed by atoms with Crippen LogP contribution in [0, 0.1) is 0 Å². The van der Waals surface area contributed by atoms with Gasteiger partial charge in [-0.3, -0.25) is 4.79 Å². The number of aliphatic hydroxyl groups is 2. The fraction of sp³-hybridized carbons (Fsp3) is 0.423. The molecule has 1 amide bonds. The molecule has 2 heterocycles. The largest absolute Gasteiger partial charge is 0.491 e. The maximum atomic E-state index is 13.2. The number of benzene rings is 2. The standard InChI is InChI=1S/C26H32N2O4/c1-27-17-20(21-10-3-4-11-22(21)27)16-26(31)28-14-7-6-9-19-8-2-5-12-25(19)32-18-24(30)23(29)13-15-28/h2-5,8,10-12,17,23-24,29-30H,6-7,9,13-16,18H2,1H3/t23-,24+/m0/s1. The first-order chi connectivity index (χ1) is 15.5. The van der Waals surface area contributed by atoms with Gasteiger partial charge < -0.3 is 24.4 Å². The molecule has 0 spiro atoms. The minimum Gasteiger partial charge on any atom is -0.491 e. The van der Waals surface area contributed by atoms with Gasteiger partial charge in [0.05, 0.1) is 12.5 Å². The number of nitrogens with zero attached hydrogens (tertiary/aromatic N) is 2. The monoisotopic (exact) mass is 436 g/mol. The lowest BCUT2D eigenvalue weighted by molar-refractivity contribution is -0.131. The van der Waals surface area contributed by atoms with Crippen molar-refractivity contribution in [2.24, 2.45) is 7.05 Å². The third-order valence-corrected chi connectivity index (χ3v) is 6.32. The summed E-state index contributed by atoms with van der Waals surface area (Å²) in [6.45, 7) is 1.08. The Labute approximate surface area is 189 Å². The van der Waals surface area contributed by atoms with E-state index in [0.29, 0.717) is 25.9 Å². The summed E-state index contributed by atoms with van der Waals surface area (Å²) >= 11 is 0. The predicted molar refractivity (Wildman–Crippen MR) is 125 cm³/mol. The molecule has 6 nitrogen and oxygen atoms in total. The Balaban J connectivity index is 1.48. The van der Waals surface area contributed by atoms with Crippen LogP contribution in [0.5, 0.6) is 5.75 Å². The van der Waals surface area contributed by atoms with E-state index in [4.69, 9.17) is 4.74 Å². The van der Waals surface area contributed by atoms with Crippen LogP contribution in [0.4, 0.5) is 0 Å². The van der Waals surface area contributed by atoms with E-state index in [2.05, 4.69) is 16.7 Å². The van der Waals surface area contributed by atoms with E-state index in [1.54, 1.807) is 0 Å². The maximum absolute atomic E-state index is 13.2. The molecule has 0 unspecified atom stereocenters. The topological polar surface area (TPSA) is 74.9 Å². The van der Waals surface area contributed by atoms with E-state index in [9.17, 15) is 15.0 Å². The zero-order chi connectivity index (χ0) is 22.5. The van der Waals surface area contributed by atoms with Crippen LogP contribution >= 0.6 is 0 Å². The summed E-state index contributed by atoms with van der Waals surface area (Å²) in [5.74, 6) is 0.802. The number of carbonyl (C=O) groups is 1. The Hall–Kier alpha value is -2.83.